The van der Waals surface area contributed by atoms with E-state index in [0.29, 0.717) is 17.0 Å². The molecule has 144 valence electrons. The minimum Gasteiger partial charge on any atom is -0.465 e. The topological polar surface area (TPSA) is 83.2 Å². The molecule has 0 saturated heterocycles. The van der Waals surface area contributed by atoms with E-state index in [2.05, 4.69) is 22.2 Å². The van der Waals surface area contributed by atoms with Crippen LogP contribution in [0.15, 0.2) is 48.8 Å². The average Bonchev–Trinajstić information content (AvgIpc) is 3.15. The Morgan fingerprint density at radius 3 is 2.52 bits per heavy atom. The summed E-state index contributed by atoms with van der Waals surface area (Å²) in [6.07, 6.45) is 1.93. The third kappa shape index (κ3) is 5.14. The molecule has 1 aromatic carbocycles. The van der Waals surface area contributed by atoms with Crippen LogP contribution in [-0.2, 0) is 9.53 Å². The Morgan fingerprint density at radius 2 is 1.93 bits per heavy atom. The molecule has 0 aliphatic carbocycles. The molecular weight excluding hydrogens is 366 g/mol. The minimum atomic E-state index is -0.739. The number of allylic oxidation sites excluding steroid dienone is 1. The van der Waals surface area contributed by atoms with Crippen molar-refractivity contribution in [1.29, 1.82) is 0 Å². The van der Waals surface area contributed by atoms with Gasteiger partial charge in [-0.05, 0) is 18.6 Å². The molecule has 2 rings (SSSR count). The maximum atomic E-state index is 12.1. The van der Waals surface area contributed by atoms with Crippen molar-refractivity contribution in [3.8, 4) is 0 Å². The molecule has 0 saturated carbocycles. The van der Waals surface area contributed by atoms with Crippen LogP contribution in [0, 0.1) is 6.92 Å². The maximum absolute atomic E-state index is 12.1. The molecular formula is C20H24ClN3O3. The molecule has 2 unspecified atom stereocenters. The Kier molecular flexibility index (Phi) is 7.07. The lowest BCUT2D eigenvalue weighted by molar-refractivity contribution is -0.120. The summed E-state index contributed by atoms with van der Waals surface area (Å²) in [7, 11) is 2.87. The number of aryl methyl sites for hydroxylation is 1. The van der Waals surface area contributed by atoms with Gasteiger partial charge < -0.3 is 20.4 Å². The fourth-order valence-corrected chi connectivity index (χ4v) is 3.01. The number of ether oxygens (including phenoxy) is 1. The number of H-pyrrole nitrogens is 1. The standard InChI is InChI=1S/C20H24ClN3O3/c1-12-5-7-14(8-6-12)17(18-15(9-10-23-18)20(26)27-4)24-13(2)11-16(21)19(25)22-3/h5-10,16-17,23-24H,2,11H2,1,3-4H3,(H,22,25). The van der Waals surface area contributed by atoms with Gasteiger partial charge in [0.25, 0.3) is 0 Å². The van der Waals surface area contributed by atoms with E-state index < -0.39 is 11.3 Å². The number of methoxy groups -OCH3 is 1. The Hall–Kier alpha value is -2.73. The van der Waals surface area contributed by atoms with Crippen LogP contribution in [0.25, 0.3) is 0 Å². The van der Waals surface area contributed by atoms with E-state index in [4.69, 9.17) is 16.3 Å². The van der Waals surface area contributed by atoms with Gasteiger partial charge in [-0.3, -0.25) is 4.79 Å². The van der Waals surface area contributed by atoms with Crippen molar-refractivity contribution in [1.82, 2.24) is 15.6 Å². The number of aromatic nitrogens is 1. The quantitative estimate of drug-likeness (QED) is 0.478. The molecule has 3 N–H and O–H groups in total. The van der Waals surface area contributed by atoms with E-state index in [1.807, 2.05) is 31.2 Å². The lowest BCUT2D eigenvalue weighted by atomic mass is 9.99. The molecule has 0 aliphatic heterocycles. The highest BCUT2D eigenvalue weighted by Crippen LogP contribution is 2.27. The number of esters is 1. The van der Waals surface area contributed by atoms with Crippen LogP contribution in [0.5, 0.6) is 0 Å². The van der Waals surface area contributed by atoms with Gasteiger partial charge in [0, 0.05) is 25.4 Å². The number of benzene rings is 1. The molecule has 2 atom stereocenters. The van der Waals surface area contributed by atoms with Crippen molar-refractivity contribution in [3.63, 3.8) is 0 Å². The molecule has 0 fully saturated rings. The highest BCUT2D eigenvalue weighted by Gasteiger charge is 2.24. The number of hydrogen-bond donors (Lipinski definition) is 3. The Bertz CT molecular complexity index is 814. The summed E-state index contributed by atoms with van der Waals surface area (Å²) in [5.74, 6) is -0.710. The van der Waals surface area contributed by atoms with E-state index in [-0.39, 0.29) is 18.4 Å². The fourth-order valence-electron chi connectivity index (χ4n) is 2.72. The summed E-state index contributed by atoms with van der Waals surface area (Å²) >= 11 is 6.11. The van der Waals surface area contributed by atoms with E-state index >= 15 is 0 Å². The Labute approximate surface area is 163 Å². The highest BCUT2D eigenvalue weighted by molar-refractivity contribution is 6.30. The van der Waals surface area contributed by atoms with Crippen LogP contribution in [0.4, 0.5) is 0 Å². The van der Waals surface area contributed by atoms with Crippen molar-refractivity contribution >= 4 is 23.5 Å². The predicted molar refractivity (Wildman–Crippen MR) is 106 cm³/mol. The second kappa shape index (κ2) is 9.28. The van der Waals surface area contributed by atoms with E-state index in [0.717, 1.165) is 11.1 Å². The molecule has 7 heteroatoms. The lowest BCUT2D eigenvalue weighted by Gasteiger charge is -2.23. The zero-order valence-corrected chi connectivity index (χ0v) is 16.4. The molecule has 27 heavy (non-hydrogen) atoms. The number of amides is 1. The fraction of sp³-hybridized carbons (Fsp3) is 0.300. The summed E-state index contributed by atoms with van der Waals surface area (Å²) in [5.41, 5.74) is 3.71. The first-order valence-corrected chi connectivity index (χ1v) is 8.93. The number of aromatic amines is 1. The first-order chi connectivity index (χ1) is 12.9. The smallest absolute Gasteiger partial charge is 0.339 e. The van der Waals surface area contributed by atoms with Crippen LogP contribution in [0.2, 0.25) is 0 Å². The third-order valence-electron chi connectivity index (χ3n) is 4.19. The number of hydrogen-bond acceptors (Lipinski definition) is 4. The minimum absolute atomic E-state index is 0.248. The largest absolute Gasteiger partial charge is 0.465 e. The van der Waals surface area contributed by atoms with Crippen LogP contribution in [-0.4, -0.2) is 36.4 Å². The lowest BCUT2D eigenvalue weighted by Crippen LogP contribution is -2.31. The number of nitrogens with one attached hydrogen (secondary N) is 3. The zero-order valence-electron chi connectivity index (χ0n) is 15.6. The van der Waals surface area contributed by atoms with Gasteiger partial charge in [0.1, 0.15) is 5.38 Å². The second-order valence-corrected chi connectivity index (χ2v) is 6.70. The van der Waals surface area contributed by atoms with Crippen molar-refractivity contribution in [2.45, 2.75) is 24.8 Å². The van der Waals surface area contributed by atoms with Crippen molar-refractivity contribution in [3.05, 3.63) is 71.2 Å². The van der Waals surface area contributed by atoms with Gasteiger partial charge in [-0.25, -0.2) is 4.79 Å². The number of rotatable bonds is 8. The number of halogens is 1. The predicted octanol–water partition coefficient (Wildman–Crippen LogP) is 3.05. The first kappa shape index (κ1) is 20.6. The normalized spacial score (nSPS) is 12.7. The van der Waals surface area contributed by atoms with Gasteiger partial charge in [0.15, 0.2) is 0 Å². The van der Waals surface area contributed by atoms with Crippen LogP contribution >= 0.6 is 11.6 Å². The summed E-state index contributed by atoms with van der Waals surface area (Å²) in [6.45, 7) is 5.99. The molecule has 1 amide bonds. The van der Waals surface area contributed by atoms with Crippen molar-refractivity contribution in [2.24, 2.45) is 0 Å². The molecule has 1 heterocycles. The van der Waals surface area contributed by atoms with Crippen LogP contribution in [0.1, 0.15) is 39.6 Å². The average molecular weight is 390 g/mol. The second-order valence-electron chi connectivity index (χ2n) is 6.17. The molecule has 6 nitrogen and oxygen atoms in total. The van der Waals surface area contributed by atoms with E-state index in [9.17, 15) is 9.59 Å². The zero-order chi connectivity index (χ0) is 20.0. The Morgan fingerprint density at radius 1 is 1.26 bits per heavy atom. The van der Waals surface area contributed by atoms with Gasteiger partial charge in [0.05, 0.1) is 24.4 Å². The van der Waals surface area contributed by atoms with Gasteiger partial charge in [-0.2, -0.15) is 0 Å². The first-order valence-electron chi connectivity index (χ1n) is 8.49. The summed E-state index contributed by atoms with van der Waals surface area (Å²) in [5, 5.41) is 5.06. The van der Waals surface area contributed by atoms with Gasteiger partial charge >= 0.3 is 5.97 Å². The molecule has 0 bridgehead atoms. The molecule has 0 aliphatic rings. The number of alkyl halides is 1. The SMILES string of the molecule is C=C(CC(Cl)C(=O)NC)NC(c1ccc(C)cc1)c1[nH]ccc1C(=O)OC. The summed E-state index contributed by atoms with van der Waals surface area (Å²) in [4.78, 5) is 26.9. The van der Waals surface area contributed by atoms with E-state index in [1.165, 1.54) is 14.2 Å². The monoisotopic (exact) mass is 389 g/mol. The van der Waals surface area contributed by atoms with Gasteiger partial charge in [-0.1, -0.05) is 36.4 Å². The van der Waals surface area contributed by atoms with Crippen LogP contribution < -0.4 is 10.6 Å². The van der Waals surface area contributed by atoms with Crippen molar-refractivity contribution < 1.29 is 14.3 Å². The van der Waals surface area contributed by atoms with Gasteiger partial charge in [-0.15, -0.1) is 11.6 Å². The summed E-state index contributed by atoms with van der Waals surface area (Å²) < 4.78 is 4.87. The number of carbonyl (C=O) groups excluding carboxylic acids is 2. The summed E-state index contributed by atoms with van der Waals surface area (Å²) in [6, 6.07) is 9.21. The van der Waals surface area contributed by atoms with Gasteiger partial charge in [0.2, 0.25) is 5.91 Å². The van der Waals surface area contributed by atoms with E-state index in [1.54, 1.807) is 12.3 Å². The molecule has 0 radical (unpaired) electrons. The molecule has 2 aromatic rings. The third-order valence-corrected chi connectivity index (χ3v) is 4.54. The van der Waals surface area contributed by atoms with Crippen LogP contribution in [0.3, 0.4) is 0 Å². The number of carbonyl (C=O) groups is 2. The van der Waals surface area contributed by atoms with Crippen molar-refractivity contribution in [2.75, 3.05) is 14.2 Å². The maximum Gasteiger partial charge on any atom is 0.339 e. The molecule has 1 aromatic heterocycles. The highest BCUT2D eigenvalue weighted by atomic mass is 35.5. The Balaban J connectivity index is 2.33. The molecule has 0 spiro atoms.